The van der Waals surface area contributed by atoms with Crippen molar-refractivity contribution in [3.63, 3.8) is 0 Å². The maximum Gasteiger partial charge on any atom is 0.416 e. The molecule has 0 aromatic heterocycles. The van der Waals surface area contributed by atoms with Crippen molar-refractivity contribution in [2.24, 2.45) is 0 Å². The summed E-state index contributed by atoms with van der Waals surface area (Å²) < 4.78 is 39.5. The van der Waals surface area contributed by atoms with Crippen molar-refractivity contribution in [3.05, 3.63) is 82.9 Å². The molecule has 0 spiro atoms. The van der Waals surface area contributed by atoms with Gasteiger partial charge in [0.25, 0.3) is 0 Å². The minimum absolute atomic E-state index is 0.179. The van der Waals surface area contributed by atoms with Crippen LogP contribution in [0.2, 0.25) is 0 Å². The molecule has 1 aliphatic carbocycles. The first-order valence-electron chi connectivity index (χ1n) is 11.5. The largest absolute Gasteiger partial charge is 0.416 e. The summed E-state index contributed by atoms with van der Waals surface area (Å²) in [4.78, 5) is 0.595. The molecule has 2 nitrogen and oxygen atoms in total. The number of nitrogens with one attached hydrogen (secondary N) is 2. The van der Waals surface area contributed by atoms with Crippen LogP contribution in [0.3, 0.4) is 0 Å². The molecule has 2 N–H and O–H groups in total. The van der Waals surface area contributed by atoms with E-state index in [0.29, 0.717) is 22.5 Å². The molecule has 33 heavy (non-hydrogen) atoms. The number of aryl methyl sites for hydroxylation is 1. The Kier molecular flexibility index (Phi) is 7.35. The van der Waals surface area contributed by atoms with Gasteiger partial charge in [0, 0.05) is 25.0 Å². The molecule has 0 bridgehead atoms. The molecule has 1 aliphatic rings. The molecule has 0 heterocycles. The first-order chi connectivity index (χ1) is 15.8. The van der Waals surface area contributed by atoms with Crippen LogP contribution in [-0.4, -0.2) is 17.1 Å². The van der Waals surface area contributed by atoms with Crippen LogP contribution in [0, 0.1) is 6.92 Å². The predicted molar refractivity (Wildman–Crippen MR) is 132 cm³/mol. The Morgan fingerprint density at radius 3 is 2.39 bits per heavy atom. The Balaban J connectivity index is 1.38. The third-order valence-corrected chi connectivity index (χ3v) is 6.59. The molecule has 3 aromatic carbocycles. The fourth-order valence-electron chi connectivity index (χ4n) is 4.72. The van der Waals surface area contributed by atoms with Crippen molar-refractivity contribution in [3.8, 4) is 0 Å². The van der Waals surface area contributed by atoms with Gasteiger partial charge in [-0.3, -0.25) is 0 Å². The van der Waals surface area contributed by atoms with Crippen LogP contribution in [0.1, 0.15) is 47.9 Å². The Bertz CT molecular complexity index is 1130. The molecule has 2 atom stereocenters. The van der Waals surface area contributed by atoms with Gasteiger partial charge in [0.05, 0.1) is 10.6 Å². The molecule has 0 radical (unpaired) electrons. The molecule has 0 amide bonds. The molecule has 0 saturated heterocycles. The van der Waals surface area contributed by atoms with Crippen LogP contribution < -0.4 is 10.6 Å². The van der Waals surface area contributed by atoms with E-state index in [-0.39, 0.29) is 12.1 Å². The SMILES string of the molecule is Cc1cc(CC(=S)N[C@@H]2CCCC[C@H]2NCc2ccc3ccccc3c2)cc(C(F)(F)F)c1. The maximum absolute atomic E-state index is 13.2. The highest BCUT2D eigenvalue weighted by molar-refractivity contribution is 7.80. The van der Waals surface area contributed by atoms with Crippen LogP contribution >= 0.6 is 12.2 Å². The van der Waals surface area contributed by atoms with E-state index < -0.39 is 11.7 Å². The van der Waals surface area contributed by atoms with Gasteiger partial charge >= 0.3 is 6.18 Å². The van der Waals surface area contributed by atoms with Crippen LogP contribution in [-0.2, 0) is 19.1 Å². The van der Waals surface area contributed by atoms with Gasteiger partial charge in [-0.1, -0.05) is 73.1 Å². The summed E-state index contributed by atoms with van der Waals surface area (Å²) in [6.07, 6.45) is 0.295. The molecule has 174 valence electrons. The minimum Gasteiger partial charge on any atom is -0.375 e. The van der Waals surface area contributed by atoms with Crippen molar-refractivity contribution in [2.45, 2.75) is 63.8 Å². The zero-order chi connectivity index (χ0) is 23.4. The van der Waals surface area contributed by atoms with Crippen molar-refractivity contribution < 1.29 is 13.2 Å². The summed E-state index contributed by atoms with van der Waals surface area (Å²) in [5.74, 6) is 0. The van der Waals surface area contributed by atoms with E-state index in [2.05, 4.69) is 41.0 Å². The zero-order valence-electron chi connectivity index (χ0n) is 18.7. The lowest BCUT2D eigenvalue weighted by Gasteiger charge is -2.34. The van der Waals surface area contributed by atoms with Crippen LogP contribution in [0.15, 0.2) is 60.7 Å². The second-order valence-corrected chi connectivity index (χ2v) is 9.50. The highest BCUT2D eigenvalue weighted by atomic mass is 32.1. The van der Waals surface area contributed by atoms with Gasteiger partial charge in [0.2, 0.25) is 0 Å². The Labute approximate surface area is 198 Å². The Morgan fingerprint density at radius 2 is 1.64 bits per heavy atom. The molecule has 0 unspecified atom stereocenters. The topological polar surface area (TPSA) is 24.1 Å². The van der Waals surface area contributed by atoms with Gasteiger partial charge in [-0.2, -0.15) is 13.2 Å². The van der Waals surface area contributed by atoms with E-state index in [0.717, 1.165) is 32.2 Å². The van der Waals surface area contributed by atoms with Crippen LogP contribution in [0.4, 0.5) is 13.2 Å². The lowest BCUT2D eigenvalue weighted by Crippen LogP contribution is -2.51. The molecule has 1 saturated carbocycles. The molecular weight excluding hydrogens is 441 g/mol. The molecule has 6 heteroatoms. The molecule has 4 rings (SSSR count). The average Bonchev–Trinajstić information content (AvgIpc) is 2.77. The number of rotatable bonds is 6. The fraction of sp³-hybridized carbons (Fsp3) is 0.370. The minimum atomic E-state index is -4.35. The van der Waals surface area contributed by atoms with Crippen LogP contribution in [0.5, 0.6) is 0 Å². The van der Waals surface area contributed by atoms with Crippen molar-refractivity contribution in [1.82, 2.24) is 10.6 Å². The fourth-order valence-corrected chi connectivity index (χ4v) is 5.04. The van der Waals surface area contributed by atoms with E-state index in [1.54, 1.807) is 13.0 Å². The molecule has 0 aliphatic heterocycles. The number of hydrogen-bond donors (Lipinski definition) is 2. The Hall–Kier alpha value is -2.44. The average molecular weight is 471 g/mol. The molecule has 1 fully saturated rings. The third kappa shape index (κ3) is 6.33. The first kappa shape index (κ1) is 23.7. The summed E-state index contributed by atoms with van der Waals surface area (Å²) in [5, 5.41) is 9.60. The highest BCUT2D eigenvalue weighted by Crippen LogP contribution is 2.31. The predicted octanol–water partition coefficient (Wildman–Crippen LogP) is 6.73. The number of benzene rings is 3. The number of thiocarbonyl (C=S) groups is 1. The lowest BCUT2D eigenvalue weighted by molar-refractivity contribution is -0.137. The van der Waals surface area contributed by atoms with Crippen LogP contribution in [0.25, 0.3) is 10.8 Å². The normalized spacial score (nSPS) is 18.9. The Morgan fingerprint density at radius 1 is 0.909 bits per heavy atom. The quantitative estimate of drug-likeness (QED) is 0.391. The maximum atomic E-state index is 13.2. The van der Waals surface area contributed by atoms with Gasteiger partial charge in [0.1, 0.15) is 0 Å². The van der Waals surface area contributed by atoms with E-state index in [1.165, 1.54) is 28.5 Å². The van der Waals surface area contributed by atoms with Gasteiger partial charge < -0.3 is 10.6 Å². The number of fused-ring (bicyclic) bond motifs is 1. The smallest absolute Gasteiger partial charge is 0.375 e. The third-order valence-electron chi connectivity index (χ3n) is 6.32. The van der Waals surface area contributed by atoms with E-state index in [4.69, 9.17) is 12.2 Å². The standard InChI is InChI=1S/C27H29F3N2S/c1-18-12-20(15-23(13-18)27(28,29)30)16-26(33)32-25-9-5-4-8-24(25)31-17-19-10-11-21-6-2-3-7-22(21)14-19/h2-3,6-7,10-15,24-25,31H,4-5,8-9,16-17H2,1H3,(H,32,33)/t24-,25-/m1/s1. The van der Waals surface area contributed by atoms with E-state index in [1.807, 2.05) is 12.1 Å². The van der Waals surface area contributed by atoms with Gasteiger partial charge in [-0.15, -0.1) is 0 Å². The van der Waals surface area contributed by atoms with Gasteiger partial charge in [0.15, 0.2) is 0 Å². The molecule has 3 aromatic rings. The number of hydrogen-bond acceptors (Lipinski definition) is 2. The van der Waals surface area contributed by atoms with Gasteiger partial charge in [-0.05, 0) is 59.9 Å². The lowest BCUT2D eigenvalue weighted by atomic mass is 9.90. The highest BCUT2D eigenvalue weighted by Gasteiger charge is 2.31. The summed E-state index contributed by atoms with van der Waals surface area (Å²) in [6, 6.07) is 19.5. The van der Waals surface area contributed by atoms with E-state index >= 15 is 0 Å². The summed E-state index contributed by atoms with van der Waals surface area (Å²) in [5.41, 5.74) is 1.81. The second kappa shape index (κ2) is 10.2. The summed E-state index contributed by atoms with van der Waals surface area (Å²) >= 11 is 5.56. The van der Waals surface area contributed by atoms with Crippen molar-refractivity contribution in [1.29, 1.82) is 0 Å². The second-order valence-electron chi connectivity index (χ2n) is 9.01. The monoisotopic (exact) mass is 470 g/mol. The first-order valence-corrected chi connectivity index (χ1v) is 11.9. The van der Waals surface area contributed by atoms with Crippen molar-refractivity contribution >= 4 is 28.0 Å². The van der Waals surface area contributed by atoms with Gasteiger partial charge in [-0.25, -0.2) is 0 Å². The summed E-state index contributed by atoms with van der Waals surface area (Å²) in [7, 11) is 0. The van der Waals surface area contributed by atoms with Crippen molar-refractivity contribution in [2.75, 3.05) is 0 Å². The molecular formula is C27H29F3N2S. The van der Waals surface area contributed by atoms with E-state index in [9.17, 15) is 13.2 Å². The number of halogens is 3. The number of alkyl halides is 3. The zero-order valence-corrected chi connectivity index (χ0v) is 19.5. The summed E-state index contributed by atoms with van der Waals surface area (Å²) in [6.45, 7) is 2.45.